The number of benzene rings is 2. The molecule has 1 amide bonds. The Balaban J connectivity index is 1.42. The van der Waals surface area contributed by atoms with Crippen LogP contribution >= 0.6 is 15.9 Å². The Morgan fingerprint density at radius 1 is 1.20 bits per heavy atom. The van der Waals surface area contributed by atoms with E-state index in [1.165, 1.54) is 12.4 Å². The first-order chi connectivity index (χ1) is 19.6. The lowest BCUT2D eigenvalue weighted by molar-refractivity contribution is 0.0126. The quantitative estimate of drug-likeness (QED) is 0.235. The summed E-state index contributed by atoms with van der Waals surface area (Å²) in [5.74, 6) is 1.12. The first kappa shape index (κ1) is 28.6. The third kappa shape index (κ3) is 6.87. The number of carbonyl (C=O) groups is 1. The molecule has 1 unspecified atom stereocenters. The molecule has 1 fully saturated rings. The summed E-state index contributed by atoms with van der Waals surface area (Å²) in [6.45, 7) is 6.47. The molecule has 216 valence electrons. The maximum Gasteiger partial charge on any atom is 0.410 e. The van der Waals surface area contributed by atoms with Gasteiger partial charge in [0.2, 0.25) is 5.88 Å². The number of anilines is 1. The van der Waals surface area contributed by atoms with Crippen molar-refractivity contribution in [2.75, 3.05) is 25.5 Å². The second-order valence-corrected chi connectivity index (χ2v) is 11.6. The van der Waals surface area contributed by atoms with Gasteiger partial charge >= 0.3 is 6.09 Å². The van der Waals surface area contributed by atoms with Gasteiger partial charge in [0.05, 0.1) is 19.0 Å². The standard InChI is InChI=1S/C29H31BrFN5O5/c1-29(2,3)41-28(37)36-9-7-17(8-10-36)26(35-21-6-5-19(30)12-20(21)31)40-25-13-23-18(11-24(25)38-4)14-33-22-15-32-16-34-27(22)39-23/h5-6,11-17,26,35H,7-10H2,1-4H3. The van der Waals surface area contributed by atoms with Crippen molar-refractivity contribution in [1.82, 2.24) is 14.9 Å². The van der Waals surface area contributed by atoms with Gasteiger partial charge in [-0.3, -0.25) is 0 Å². The molecular weight excluding hydrogens is 597 g/mol. The van der Waals surface area contributed by atoms with Gasteiger partial charge in [-0.15, -0.1) is 0 Å². The Morgan fingerprint density at radius 2 is 1.98 bits per heavy atom. The van der Waals surface area contributed by atoms with Gasteiger partial charge < -0.3 is 29.2 Å². The number of nitrogens with zero attached hydrogens (tertiary/aromatic N) is 4. The van der Waals surface area contributed by atoms with Crippen LogP contribution in [0.25, 0.3) is 0 Å². The van der Waals surface area contributed by atoms with Crippen LogP contribution in [-0.2, 0) is 4.74 Å². The summed E-state index contributed by atoms with van der Waals surface area (Å²) in [6.07, 6.45) is 4.80. The molecule has 1 atom stereocenters. The third-order valence-electron chi connectivity index (χ3n) is 6.61. The highest BCUT2D eigenvalue weighted by Crippen LogP contribution is 2.41. The van der Waals surface area contributed by atoms with Gasteiger partial charge in [0.25, 0.3) is 0 Å². The van der Waals surface area contributed by atoms with E-state index in [0.29, 0.717) is 64.8 Å². The summed E-state index contributed by atoms with van der Waals surface area (Å²) >= 11 is 3.31. The molecule has 2 aliphatic rings. The minimum absolute atomic E-state index is 0.0730. The average molecular weight is 628 g/mol. The summed E-state index contributed by atoms with van der Waals surface area (Å²) in [5, 5.41) is 3.24. The van der Waals surface area contributed by atoms with E-state index in [0.717, 1.165) is 0 Å². The van der Waals surface area contributed by atoms with Crippen LogP contribution < -0.4 is 19.5 Å². The van der Waals surface area contributed by atoms with Crippen LogP contribution in [0, 0.1) is 11.7 Å². The summed E-state index contributed by atoms with van der Waals surface area (Å²) in [5.41, 5.74) is 0.866. The molecule has 1 N–H and O–H groups in total. The monoisotopic (exact) mass is 627 g/mol. The molecule has 2 aliphatic heterocycles. The zero-order valence-corrected chi connectivity index (χ0v) is 24.8. The SMILES string of the molecule is COc1cc2c(cc1OC(Nc1ccc(Br)cc1F)C1CCN(C(=O)OC(C)(C)C)CC1)Oc1ncncc1N=C2. The molecule has 0 bridgehead atoms. The fourth-order valence-electron chi connectivity index (χ4n) is 4.57. The molecule has 0 aliphatic carbocycles. The van der Waals surface area contributed by atoms with Crippen molar-refractivity contribution in [2.24, 2.45) is 10.9 Å². The Kier molecular flexibility index (Phi) is 8.30. The minimum Gasteiger partial charge on any atom is -0.493 e. The fraction of sp³-hybridized carbons (Fsp3) is 0.379. The lowest BCUT2D eigenvalue weighted by Crippen LogP contribution is -2.46. The van der Waals surface area contributed by atoms with E-state index < -0.39 is 17.6 Å². The van der Waals surface area contributed by atoms with Gasteiger partial charge in [0.15, 0.2) is 17.7 Å². The number of ether oxygens (including phenoxy) is 4. The first-order valence-electron chi connectivity index (χ1n) is 13.2. The normalized spacial score (nSPS) is 15.6. The van der Waals surface area contributed by atoms with Crippen LogP contribution in [0.5, 0.6) is 23.1 Å². The molecule has 3 aromatic rings. The zero-order chi connectivity index (χ0) is 29.1. The van der Waals surface area contributed by atoms with Gasteiger partial charge in [0.1, 0.15) is 29.2 Å². The number of halogens is 2. The topological polar surface area (TPSA) is 107 Å². The molecule has 0 spiro atoms. The number of hydrogen-bond acceptors (Lipinski definition) is 9. The van der Waals surface area contributed by atoms with E-state index in [1.54, 1.807) is 48.7 Å². The highest BCUT2D eigenvalue weighted by Gasteiger charge is 2.33. The molecule has 0 saturated carbocycles. The molecular formula is C29H31BrFN5O5. The van der Waals surface area contributed by atoms with Crippen LogP contribution in [-0.4, -0.2) is 59.2 Å². The predicted octanol–water partition coefficient (Wildman–Crippen LogP) is 6.71. The van der Waals surface area contributed by atoms with Gasteiger partial charge in [-0.2, -0.15) is 4.98 Å². The lowest BCUT2D eigenvalue weighted by Gasteiger charge is -2.37. The second kappa shape index (κ2) is 11.9. The molecule has 1 saturated heterocycles. The number of fused-ring (bicyclic) bond motifs is 2. The largest absolute Gasteiger partial charge is 0.493 e. The highest BCUT2D eigenvalue weighted by atomic mass is 79.9. The number of piperidine rings is 1. The summed E-state index contributed by atoms with van der Waals surface area (Å²) in [6, 6.07) is 8.26. The number of likely N-dealkylation sites (tertiary alicyclic amines) is 1. The maximum atomic E-state index is 14.9. The smallest absolute Gasteiger partial charge is 0.410 e. The lowest BCUT2D eigenvalue weighted by atomic mass is 9.94. The number of nitrogens with one attached hydrogen (secondary N) is 1. The van der Waals surface area contributed by atoms with Gasteiger partial charge in [-0.25, -0.2) is 19.2 Å². The molecule has 5 rings (SSSR count). The minimum atomic E-state index is -0.660. The van der Waals surface area contributed by atoms with E-state index in [2.05, 4.69) is 36.2 Å². The number of aliphatic imine (C=N–C) groups is 1. The van der Waals surface area contributed by atoms with Crippen molar-refractivity contribution < 1.29 is 28.1 Å². The van der Waals surface area contributed by atoms with Crippen LogP contribution in [0.15, 0.2) is 52.3 Å². The Bertz CT molecular complexity index is 1460. The third-order valence-corrected chi connectivity index (χ3v) is 7.10. The average Bonchev–Trinajstić information content (AvgIpc) is 3.11. The number of hydrogen-bond donors (Lipinski definition) is 1. The Labute approximate surface area is 246 Å². The number of carbonyl (C=O) groups excluding carboxylic acids is 1. The second-order valence-electron chi connectivity index (χ2n) is 10.7. The van der Waals surface area contributed by atoms with Crippen molar-refractivity contribution in [3.63, 3.8) is 0 Å². The molecule has 3 heterocycles. The van der Waals surface area contributed by atoms with Gasteiger partial charge in [0, 0.05) is 41.3 Å². The molecule has 10 nitrogen and oxygen atoms in total. The molecule has 0 radical (unpaired) electrons. The molecule has 1 aromatic heterocycles. The van der Waals surface area contributed by atoms with Crippen molar-refractivity contribution >= 4 is 39.6 Å². The van der Waals surface area contributed by atoms with Gasteiger partial charge in [-0.1, -0.05) is 15.9 Å². The highest BCUT2D eigenvalue weighted by molar-refractivity contribution is 9.10. The van der Waals surface area contributed by atoms with E-state index >= 15 is 0 Å². The predicted molar refractivity (Wildman–Crippen MR) is 155 cm³/mol. The van der Waals surface area contributed by atoms with Crippen molar-refractivity contribution in [2.45, 2.75) is 45.4 Å². The van der Waals surface area contributed by atoms with Crippen LogP contribution in [0.2, 0.25) is 0 Å². The first-order valence-corrected chi connectivity index (χ1v) is 14.0. The fourth-order valence-corrected chi connectivity index (χ4v) is 4.90. The van der Waals surface area contributed by atoms with E-state index in [1.807, 2.05) is 20.8 Å². The van der Waals surface area contributed by atoms with Crippen molar-refractivity contribution in [1.29, 1.82) is 0 Å². The van der Waals surface area contributed by atoms with Crippen LogP contribution in [0.1, 0.15) is 39.2 Å². The van der Waals surface area contributed by atoms with E-state index in [-0.39, 0.29) is 17.7 Å². The number of methoxy groups -OCH3 is 1. The summed E-state index contributed by atoms with van der Waals surface area (Å²) < 4.78 is 39.3. The van der Waals surface area contributed by atoms with E-state index in [9.17, 15) is 9.18 Å². The van der Waals surface area contributed by atoms with Gasteiger partial charge in [-0.05, 0) is 57.9 Å². The number of rotatable bonds is 6. The molecule has 2 aromatic carbocycles. The number of amides is 1. The Morgan fingerprint density at radius 3 is 2.68 bits per heavy atom. The Hall–Kier alpha value is -3.93. The summed E-state index contributed by atoms with van der Waals surface area (Å²) in [4.78, 5) is 26.9. The van der Waals surface area contributed by atoms with E-state index in [4.69, 9.17) is 18.9 Å². The zero-order valence-electron chi connectivity index (χ0n) is 23.2. The van der Waals surface area contributed by atoms with Crippen LogP contribution in [0.3, 0.4) is 0 Å². The molecule has 12 heteroatoms. The maximum absolute atomic E-state index is 14.9. The number of aromatic nitrogens is 2. The summed E-state index contributed by atoms with van der Waals surface area (Å²) in [7, 11) is 1.54. The van der Waals surface area contributed by atoms with Crippen LogP contribution in [0.4, 0.5) is 20.6 Å². The molecule has 41 heavy (non-hydrogen) atoms. The van der Waals surface area contributed by atoms with Crippen molar-refractivity contribution in [3.05, 3.63) is 58.7 Å². The van der Waals surface area contributed by atoms with Crippen molar-refractivity contribution in [3.8, 4) is 23.1 Å².